The second-order valence-corrected chi connectivity index (χ2v) is 11.7. The Kier molecular flexibility index (Phi) is 5.51. The largest absolute Gasteiger partial charge is 0.508 e. The number of phenols is 1. The molecule has 182 valence electrons. The minimum Gasteiger partial charge on any atom is -0.508 e. The highest BCUT2D eigenvalue weighted by Crippen LogP contribution is 2.61. The number of aromatic hydroxyl groups is 1. The highest BCUT2D eigenvalue weighted by molar-refractivity contribution is 7.89. The van der Waals surface area contributed by atoms with Gasteiger partial charge in [0.1, 0.15) is 18.0 Å². The molecule has 2 fully saturated rings. The lowest BCUT2D eigenvalue weighted by Crippen LogP contribution is -2.47. The molecular formula is C25H29NO7S. The van der Waals surface area contributed by atoms with Gasteiger partial charge in [-0.05, 0) is 91.0 Å². The number of aliphatic hydroxyl groups excluding tert-OH is 2. The smallest absolute Gasteiger partial charge is 0.338 e. The molecule has 0 amide bonds. The van der Waals surface area contributed by atoms with Gasteiger partial charge in [0.2, 0.25) is 10.0 Å². The van der Waals surface area contributed by atoms with E-state index in [-0.39, 0.29) is 34.0 Å². The van der Waals surface area contributed by atoms with Gasteiger partial charge in [0.25, 0.3) is 0 Å². The second kappa shape index (κ2) is 8.05. The fourth-order valence-electron chi connectivity index (χ4n) is 6.77. The molecule has 3 unspecified atom stereocenters. The summed E-state index contributed by atoms with van der Waals surface area (Å²) in [7, 11) is -3.88. The number of phenolic OH excluding ortho intramolecular Hbond substituents is 1. The third kappa shape index (κ3) is 3.62. The zero-order valence-electron chi connectivity index (χ0n) is 18.8. The average Bonchev–Trinajstić information content (AvgIpc) is 2.98. The van der Waals surface area contributed by atoms with E-state index in [1.165, 1.54) is 29.8 Å². The summed E-state index contributed by atoms with van der Waals surface area (Å²) in [6.45, 7) is 1.97. The summed E-state index contributed by atoms with van der Waals surface area (Å²) in [5.74, 6) is -0.350. The molecule has 8 nitrogen and oxygen atoms in total. The molecule has 0 radical (unpaired) electrons. The van der Waals surface area contributed by atoms with Crippen LogP contribution in [0.25, 0.3) is 0 Å². The number of benzene rings is 2. The van der Waals surface area contributed by atoms with Crippen molar-refractivity contribution in [3.63, 3.8) is 0 Å². The number of nitrogens with two attached hydrogens (primary N) is 1. The molecule has 2 aromatic carbocycles. The van der Waals surface area contributed by atoms with Gasteiger partial charge in [0.15, 0.2) is 0 Å². The standard InChI is InChI=1S/C25H29NO7S/c1-25-11-10-18-17-9-5-15(27)12-14(17)4-8-19(18)20(25)21(28)22(29)23(25)33-24(30)13-2-6-16(7-3-13)34(26,31)32/h2-3,5-7,9,12,18-23,27-29H,4,8,10-11H2,1H3,(H2,26,31,32)/t18?,19?,20?,21-,22-,23+,25+/m1/s1. The van der Waals surface area contributed by atoms with Crippen LogP contribution in [0, 0.1) is 17.3 Å². The van der Waals surface area contributed by atoms with Crippen molar-refractivity contribution in [1.29, 1.82) is 0 Å². The van der Waals surface area contributed by atoms with E-state index in [1.54, 1.807) is 6.07 Å². The summed E-state index contributed by atoms with van der Waals surface area (Å²) in [6, 6.07) is 10.6. The van der Waals surface area contributed by atoms with E-state index in [2.05, 4.69) is 0 Å². The number of hydrogen-bond acceptors (Lipinski definition) is 7. The van der Waals surface area contributed by atoms with E-state index < -0.39 is 39.7 Å². The van der Waals surface area contributed by atoms with Gasteiger partial charge < -0.3 is 20.1 Å². The van der Waals surface area contributed by atoms with Crippen molar-refractivity contribution in [3.05, 3.63) is 59.2 Å². The Morgan fingerprint density at radius 1 is 1.09 bits per heavy atom. The first-order valence-electron chi connectivity index (χ1n) is 11.5. The quantitative estimate of drug-likeness (QED) is 0.485. The molecule has 0 bridgehead atoms. The molecule has 5 rings (SSSR count). The number of esters is 1. The number of aliphatic hydroxyl groups is 2. The molecule has 7 atom stereocenters. The summed E-state index contributed by atoms with van der Waals surface area (Å²) < 4.78 is 28.7. The number of hydrogen-bond donors (Lipinski definition) is 4. The fraction of sp³-hybridized carbons (Fsp3) is 0.480. The average molecular weight is 488 g/mol. The maximum Gasteiger partial charge on any atom is 0.338 e. The van der Waals surface area contributed by atoms with E-state index in [0.29, 0.717) is 6.42 Å². The predicted octanol–water partition coefficient (Wildman–Crippen LogP) is 2.06. The molecule has 0 heterocycles. The van der Waals surface area contributed by atoms with Gasteiger partial charge in [0.05, 0.1) is 16.6 Å². The van der Waals surface area contributed by atoms with Crippen LogP contribution in [0.5, 0.6) is 5.75 Å². The number of fused-ring (bicyclic) bond motifs is 5. The Morgan fingerprint density at radius 3 is 2.47 bits per heavy atom. The zero-order chi connectivity index (χ0) is 24.4. The molecule has 0 saturated heterocycles. The molecule has 2 aromatic rings. The normalized spacial score (nSPS) is 34.6. The highest BCUT2D eigenvalue weighted by Gasteiger charge is 2.64. The maximum atomic E-state index is 12.9. The van der Waals surface area contributed by atoms with Crippen LogP contribution in [0.2, 0.25) is 0 Å². The van der Waals surface area contributed by atoms with Crippen molar-refractivity contribution in [2.75, 3.05) is 0 Å². The van der Waals surface area contributed by atoms with Crippen LogP contribution in [0.15, 0.2) is 47.4 Å². The van der Waals surface area contributed by atoms with Gasteiger partial charge in [-0.3, -0.25) is 0 Å². The fourth-order valence-corrected chi connectivity index (χ4v) is 7.29. The molecule has 5 N–H and O–H groups in total. The Bertz CT molecular complexity index is 1230. The first-order valence-corrected chi connectivity index (χ1v) is 13.1. The summed E-state index contributed by atoms with van der Waals surface area (Å²) >= 11 is 0. The van der Waals surface area contributed by atoms with Gasteiger partial charge in [0, 0.05) is 5.41 Å². The highest BCUT2D eigenvalue weighted by atomic mass is 32.2. The van der Waals surface area contributed by atoms with Gasteiger partial charge in [-0.15, -0.1) is 0 Å². The summed E-state index contributed by atoms with van der Waals surface area (Å²) in [4.78, 5) is 12.8. The molecule has 0 aliphatic heterocycles. The summed E-state index contributed by atoms with van der Waals surface area (Å²) in [5.41, 5.74) is 1.85. The lowest BCUT2D eigenvalue weighted by Gasteiger charge is -2.50. The molecule has 2 saturated carbocycles. The minimum atomic E-state index is -3.88. The van der Waals surface area contributed by atoms with Crippen LogP contribution in [0.1, 0.15) is 53.6 Å². The van der Waals surface area contributed by atoms with Crippen LogP contribution in [-0.4, -0.2) is 48.0 Å². The van der Waals surface area contributed by atoms with Crippen molar-refractivity contribution in [2.45, 2.75) is 61.7 Å². The number of carbonyl (C=O) groups is 1. The first-order chi connectivity index (χ1) is 16.0. The Morgan fingerprint density at radius 2 is 1.79 bits per heavy atom. The number of primary sulfonamides is 1. The number of carbonyl (C=O) groups excluding carboxylic acids is 1. The predicted molar refractivity (Wildman–Crippen MR) is 123 cm³/mol. The molecular weight excluding hydrogens is 458 g/mol. The van der Waals surface area contributed by atoms with E-state index in [9.17, 15) is 28.5 Å². The number of ether oxygens (including phenoxy) is 1. The van der Waals surface area contributed by atoms with Gasteiger partial charge in [-0.2, -0.15) is 0 Å². The topological polar surface area (TPSA) is 147 Å². The van der Waals surface area contributed by atoms with Crippen molar-refractivity contribution in [3.8, 4) is 5.75 Å². The Labute approximate surface area is 198 Å². The molecule has 3 aliphatic carbocycles. The monoisotopic (exact) mass is 487 g/mol. The third-order valence-electron chi connectivity index (χ3n) is 8.34. The second-order valence-electron chi connectivity index (χ2n) is 10.1. The van der Waals surface area contributed by atoms with Crippen LogP contribution >= 0.6 is 0 Å². The minimum absolute atomic E-state index is 0.114. The molecule has 0 aromatic heterocycles. The number of aryl methyl sites for hydroxylation is 1. The SMILES string of the molecule is C[C@]12CCC3c4ccc(O)cc4CCC3C1[C@@H](O)[C@@H](O)[C@@H]2OC(=O)c1ccc(S(N)(=O)=O)cc1. The third-order valence-corrected chi connectivity index (χ3v) is 9.27. The molecule has 3 aliphatic rings. The van der Waals surface area contributed by atoms with Crippen LogP contribution in [0.4, 0.5) is 0 Å². The number of rotatable bonds is 3. The van der Waals surface area contributed by atoms with Crippen LogP contribution in [-0.2, 0) is 21.2 Å². The lowest BCUT2D eigenvalue weighted by atomic mass is 9.55. The van der Waals surface area contributed by atoms with E-state index in [0.717, 1.165) is 24.8 Å². The van der Waals surface area contributed by atoms with Crippen molar-refractivity contribution in [1.82, 2.24) is 0 Å². The summed E-state index contributed by atoms with van der Waals surface area (Å²) in [6.07, 6.45) is -0.0504. The van der Waals surface area contributed by atoms with E-state index in [4.69, 9.17) is 9.88 Å². The first kappa shape index (κ1) is 23.3. The van der Waals surface area contributed by atoms with Gasteiger partial charge in [-0.1, -0.05) is 13.0 Å². The molecule has 9 heteroatoms. The maximum absolute atomic E-state index is 12.9. The molecule has 0 spiro atoms. The molecule has 34 heavy (non-hydrogen) atoms. The Balaban J connectivity index is 1.40. The van der Waals surface area contributed by atoms with Crippen LogP contribution < -0.4 is 5.14 Å². The Hall–Kier alpha value is -2.46. The van der Waals surface area contributed by atoms with Crippen LogP contribution in [0.3, 0.4) is 0 Å². The van der Waals surface area contributed by atoms with Gasteiger partial charge >= 0.3 is 5.97 Å². The van der Waals surface area contributed by atoms with Crippen molar-refractivity contribution >= 4 is 16.0 Å². The zero-order valence-corrected chi connectivity index (χ0v) is 19.6. The van der Waals surface area contributed by atoms with Gasteiger partial charge in [-0.25, -0.2) is 18.4 Å². The number of sulfonamides is 1. The summed E-state index contributed by atoms with van der Waals surface area (Å²) in [5, 5.41) is 37.0. The van der Waals surface area contributed by atoms with E-state index in [1.807, 2.05) is 19.1 Å². The lowest BCUT2D eigenvalue weighted by molar-refractivity contribution is -0.0678. The van der Waals surface area contributed by atoms with Crippen molar-refractivity contribution < 1.29 is 33.3 Å². The van der Waals surface area contributed by atoms with E-state index >= 15 is 0 Å². The van der Waals surface area contributed by atoms with Crippen molar-refractivity contribution in [2.24, 2.45) is 22.4 Å².